The van der Waals surface area contributed by atoms with Crippen LogP contribution >= 0.6 is 0 Å². The minimum absolute atomic E-state index is 0.168. The molecule has 0 radical (unpaired) electrons. The fraction of sp³-hybridized carbons (Fsp3) is 0.368. The van der Waals surface area contributed by atoms with Crippen LogP contribution in [0.15, 0.2) is 42.6 Å². The van der Waals surface area contributed by atoms with Crippen LogP contribution in [0.4, 0.5) is 18.9 Å². The Balaban J connectivity index is 1.54. The van der Waals surface area contributed by atoms with Gasteiger partial charge in [0.1, 0.15) is 5.75 Å². The maximum Gasteiger partial charge on any atom is 0.422 e. The molecule has 1 aromatic heterocycles. The number of pyridine rings is 1. The summed E-state index contributed by atoms with van der Waals surface area (Å²) < 4.78 is 46.2. The number of anilines is 1. The lowest BCUT2D eigenvalue weighted by molar-refractivity contribution is -0.154. The van der Waals surface area contributed by atoms with E-state index in [0.717, 1.165) is 11.4 Å². The summed E-state index contributed by atoms with van der Waals surface area (Å²) in [7, 11) is 1.61. The van der Waals surface area contributed by atoms with E-state index < -0.39 is 12.8 Å². The predicted molar refractivity (Wildman–Crippen MR) is 96.9 cm³/mol. The van der Waals surface area contributed by atoms with Crippen LogP contribution < -0.4 is 14.4 Å². The molecule has 2 heterocycles. The summed E-state index contributed by atoms with van der Waals surface area (Å²) in [5.41, 5.74) is 1.37. The first-order valence-electron chi connectivity index (χ1n) is 8.69. The normalized spacial score (nSPS) is 14.7. The van der Waals surface area contributed by atoms with Gasteiger partial charge >= 0.3 is 6.18 Å². The van der Waals surface area contributed by atoms with Crippen molar-refractivity contribution >= 4 is 11.6 Å². The van der Waals surface area contributed by atoms with Crippen LogP contribution in [-0.2, 0) is 0 Å². The minimum atomic E-state index is -4.43. The molecule has 0 spiro atoms. The summed E-state index contributed by atoms with van der Waals surface area (Å²) in [6.07, 6.45) is -3.19. The van der Waals surface area contributed by atoms with Crippen molar-refractivity contribution in [3.8, 4) is 11.6 Å². The number of rotatable bonds is 5. The molecule has 0 atom stereocenters. The van der Waals surface area contributed by atoms with E-state index >= 15 is 0 Å². The molecule has 3 rings (SSSR count). The second-order valence-corrected chi connectivity index (χ2v) is 6.27. The number of carbonyl (C=O) groups excluding carboxylic acids is 1. The first-order chi connectivity index (χ1) is 13.4. The van der Waals surface area contributed by atoms with Crippen molar-refractivity contribution in [3.05, 3.63) is 48.2 Å². The van der Waals surface area contributed by atoms with Gasteiger partial charge in [-0.05, 0) is 30.3 Å². The number of benzene rings is 1. The lowest BCUT2D eigenvalue weighted by Gasteiger charge is -2.36. The van der Waals surface area contributed by atoms with Gasteiger partial charge in [-0.2, -0.15) is 13.2 Å². The van der Waals surface area contributed by atoms with Gasteiger partial charge in [0, 0.05) is 44.1 Å². The molecule has 0 saturated carbocycles. The maximum atomic E-state index is 12.6. The lowest BCUT2D eigenvalue weighted by Crippen LogP contribution is -2.48. The number of alkyl halides is 3. The van der Waals surface area contributed by atoms with E-state index in [0.29, 0.717) is 31.7 Å². The number of piperazine rings is 1. The predicted octanol–water partition coefficient (Wildman–Crippen LogP) is 2.99. The molecule has 1 aliphatic heterocycles. The quantitative estimate of drug-likeness (QED) is 0.779. The van der Waals surface area contributed by atoms with Gasteiger partial charge in [-0.15, -0.1) is 0 Å². The van der Waals surface area contributed by atoms with Gasteiger partial charge in [-0.3, -0.25) is 4.79 Å². The summed E-state index contributed by atoms with van der Waals surface area (Å²) in [5, 5.41) is 0. The van der Waals surface area contributed by atoms with Gasteiger partial charge in [0.05, 0.1) is 12.7 Å². The Hall–Kier alpha value is -2.97. The molecule has 6 nitrogen and oxygen atoms in total. The molecular weight excluding hydrogens is 375 g/mol. The molecule has 1 aliphatic rings. The molecule has 0 unspecified atom stereocenters. The van der Waals surface area contributed by atoms with Crippen molar-refractivity contribution in [2.45, 2.75) is 6.18 Å². The van der Waals surface area contributed by atoms with E-state index in [4.69, 9.17) is 4.74 Å². The van der Waals surface area contributed by atoms with Crippen molar-refractivity contribution in [1.82, 2.24) is 9.88 Å². The number of ether oxygens (including phenoxy) is 2. The van der Waals surface area contributed by atoms with E-state index in [-0.39, 0.29) is 11.8 Å². The van der Waals surface area contributed by atoms with E-state index in [1.807, 2.05) is 24.3 Å². The Bertz CT molecular complexity index is 787. The average molecular weight is 395 g/mol. The van der Waals surface area contributed by atoms with Gasteiger partial charge in [0.25, 0.3) is 5.91 Å². The molecule has 0 N–H and O–H groups in total. The molecular formula is C19H20F3N3O3. The van der Waals surface area contributed by atoms with Gasteiger partial charge in [0.2, 0.25) is 5.88 Å². The number of aromatic nitrogens is 1. The summed E-state index contributed by atoms with van der Waals surface area (Å²) in [6, 6.07) is 10.4. The number of amides is 1. The highest BCUT2D eigenvalue weighted by molar-refractivity contribution is 5.94. The number of carbonyl (C=O) groups is 1. The molecule has 9 heteroatoms. The number of halogens is 3. The maximum absolute atomic E-state index is 12.6. The number of methoxy groups -OCH3 is 1. The third-order valence-corrected chi connectivity index (χ3v) is 4.37. The van der Waals surface area contributed by atoms with E-state index in [2.05, 4.69) is 14.6 Å². The first-order valence-corrected chi connectivity index (χ1v) is 8.69. The second-order valence-electron chi connectivity index (χ2n) is 6.27. The molecule has 0 aliphatic carbocycles. The average Bonchev–Trinajstić information content (AvgIpc) is 2.72. The van der Waals surface area contributed by atoms with Crippen LogP contribution in [0.2, 0.25) is 0 Å². The van der Waals surface area contributed by atoms with Crippen molar-refractivity contribution in [2.24, 2.45) is 0 Å². The Morgan fingerprint density at radius 2 is 1.75 bits per heavy atom. The van der Waals surface area contributed by atoms with E-state index in [9.17, 15) is 18.0 Å². The van der Waals surface area contributed by atoms with Crippen molar-refractivity contribution in [2.75, 3.05) is 44.8 Å². The van der Waals surface area contributed by atoms with Gasteiger partial charge < -0.3 is 19.3 Å². The largest absolute Gasteiger partial charge is 0.497 e. The zero-order valence-corrected chi connectivity index (χ0v) is 15.3. The molecule has 1 amide bonds. The van der Waals surface area contributed by atoms with Crippen LogP contribution in [-0.4, -0.2) is 61.9 Å². The molecule has 2 aromatic rings. The van der Waals surface area contributed by atoms with E-state index in [1.165, 1.54) is 18.3 Å². The highest BCUT2D eigenvalue weighted by Gasteiger charge is 2.29. The van der Waals surface area contributed by atoms with Crippen molar-refractivity contribution in [1.29, 1.82) is 0 Å². The van der Waals surface area contributed by atoms with Crippen LogP contribution in [0, 0.1) is 0 Å². The third-order valence-electron chi connectivity index (χ3n) is 4.37. The van der Waals surface area contributed by atoms with Gasteiger partial charge in [-0.25, -0.2) is 4.98 Å². The fourth-order valence-electron chi connectivity index (χ4n) is 2.89. The number of nitrogens with zero attached hydrogens (tertiary/aromatic N) is 3. The molecule has 150 valence electrons. The fourth-order valence-corrected chi connectivity index (χ4v) is 2.89. The number of hydrogen-bond donors (Lipinski definition) is 0. The molecule has 28 heavy (non-hydrogen) atoms. The third kappa shape index (κ3) is 5.05. The summed E-state index contributed by atoms with van der Waals surface area (Å²) >= 11 is 0. The zero-order chi connectivity index (χ0) is 20.1. The monoisotopic (exact) mass is 395 g/mol. The summed E-state index contributed by atoms with van der Waals surface area (Å²) in [6.45, 7) is 1.02. The van der Waals surface area contributed by atoms with Crippen LogP contribution in [0.25, 0.3) is 0 Å². The topological polar surface area (TPSA) is 54.9 Å². The summed E-state index contributed by atoms with van der Waals surface area (Å²) in [5.74, 6) is 0.412. The Morgan fingerprint density at radius 1 is 1.07 bits per heavy atom. The van der Waals surface area contributed by atoms with Gasteiger partial charge in [0.15, 0.2) is 6.61 Å². The van der Waals surface area contributed by atoms with Gasteiger partial charge in [-0.1, -0.05) is 0 Å². The van der Waals surface area contributed by atoms with E-state index in [1.54, 1.807) is 12.0 Å². The Morgan fingerprint density at radius 3 is 2.29 bits per heavy atom. The standard InChI is InChI=1S/C19H20F3N3O3/c1-27-16-5-3-15(4-6-16)24-8-10-25(11-9-24)18(26)14-2-7-17(23-12-14)28-13-19(20,21)22/h2-7,12H,8-11,13H2,1H3. The van der Waals surface area contributed by atoms with Crippen LogP contribution in [0.5, 0.6) is 11.6 Å². The highest BCUT2D eigenvalue weighted by Crippen LogP contribution is 2.21. The molecule has 1 aromatic carbocycles. The van der Waals surface area contributed by atoms with Crippen molar-refractivity contribution in [3.63, 3.8) is 0 Å². The van der Waals surface area contributed by atoms with Crippen molar-refractivity contribution < 1.29 is 27.4 Å². The Kier molecular flexibility index (Phi) is 5.91. The zero-order valence-electron chi connectivity index (χ0n) is 15.3. The summed E-state index contributed by atoms with van der Waals surface area (Å²) in [4.78, 5) is 20.2. The van der Waals surface area contributed by atoms with Crippen LogP contribution in [0.3, 0.4) is 0 Å². The minimum Gasteiger partial charge on any atom is -0.497 e. The molecule has 1 fully saturated rings. The second kappa shape index (κ2) is 8.37. The Labute approximate surface area is 160 Å². The van der Waals surface area contributed by atoms with Crippen LogP contribution in [0.1, 0.15) is 10.4 Å². The SMILES string of the molecule is COc1ccc(N2CCN(C(=O)c3ccc(OCC(F)(F)F)nc3)CC2)cc1. The first kappa shape index (κ1) is 19.8. The molecule has 0 bridgehead atoms. The number of hydrogen-bond acceptors (Lipinski definition) is 5. The smallest absolute Gasteiger partial charge is 0.422 e. The molecule has 1 saturated heterocycles. The lowest BCUT2D eigenvalue weighted by atomic mass is 10.2. The highest BCUT2D eigenvalue weighted by atomic mass is 19.4.